The number of anilines is 2. The molecule has 1 amide bonds. The van der Waals surface area contributed by atoms with E-state index in [0.717, 1.165) is 23.4 Å². The van der Waals surface area contributed by atoms with Gasteiger partial charge in [0.1, 0.15) is 5.75 Å². The largest absolute Gasteiger partial charge is 0.491 e. The minimum Gasteiger partial charge on any atom is -0.491 e. The summed E-state index contributed by atoms with van der Waals surface area (Å²) >= 11 is 0. The third-order valence-electron chi connectivity index (χ3n) is 3.65. The highest BCUT2D eigenvalue weighted by Crippen LogP contribution is 2.22. The van der Waals surface area contributed by atoms with Gasteiger partial charge in [0.15, 0.2) is 0 Å². The van der Waals surface area contributed by atoms with Crippen molar-refractivity contribution in [3.8, 4) is 5.75 Å². The second-order valence-corrected chi connectivity index (χ2v) is 5.34. The van der Waals surface area contributed by atoms with Crippen LogP contribution in [0.1, 0.15) is 36.2 Å². The van der Waals surface area contributed by atoms with Crippen molar-refractivity contribution in [3.05, 3.63) is 53.6 Å². The van der Waals surface area contributed by atoms with E-state index in [1.54, 1.807) is 12.1 Å². The van der Waals surface area contributed by atoms with Crippen molar-refractivity contribution in [2.75, 3.05) is 11.1 Å². The first kappa shape index (κ1) is 15.9. The van der Waals surface area contributed by atoms with Gasteiger partial charge in [0, 0.05) is 16.9 Å². The molecule has 0 saturated carbocycles. The molecule has 116 valence electrons. The molecule has 22 heavy (non-hydrogen) atoms. The normalized spacial score (nSPS) is 11.8. The van der Waals surface area contributed by atoms with E-state index in [1.165, 1.54) is 0 Å². The molecule has 0 saturated heterocycles. The van der Waals surface area contributed by atoms with Gasteiger partial charge in [-0.1, -0.05) is 13.0 Å². The first-order valence-corrected chi connectivity index (χ1v) is 7.44. The van der Waals surface area contributed by atoms with Crippen molar-refractivity contribution in [2.24, 2.45) is 0 Å². The van der Waals surface area contributed by atoms with E-state index in [4.69, 9.17) is 10.5 Å². The Morgan fingerprint density at radius 3 is 2.55 bits per heavy atom. The van der Waals surface area contributed by atoms with Gasteiger partial charge in [-0.3, -0.25) is 4.79 Å². The van der Waals surface area contributed by atoms with Crippen LogP contribution >= 0.6 is 0 Å². The number of hydrogen-bond donors (Lipinski definition) is 2. The first-order chi connectivity index (χ1) is 10.5. The van der Waals surface area contributed by atoms with Gasteiger partial charge < -0.3 is 15.8 Å². The predicted molar refractivity (Wildman–Crippen MR) is 90.4 cm³/mol. The van der Waals surface area contributed by atoms with Crippen LogP contribution in [0.5, 0.6) is 5.75 Å². The van der Waals surface area contributed by atoms with Crippen LogP contribution in [0.2, 0.25) is 0 Å². The highest BCUT2D eigenvalue weighted by Gasteiger charge is 2.09. The fourth-order valence-corrected chi connectivity index (χ4v) is 1.98. The molecule has 0 radical (unpaired) electrons. The minimum absolute atomic E-state index is 0.162. The molecule has 2 aromatic carbocycles. The quantitative estimate of drug-likeness (QED) is 0.820. The highest BCUT2D eigenvalue weighted by molar-refractivity contribution is 6.05. The number of nitrogens with two attached hydrogens (primary N) is 1. The molecule has 0 unspecified atom stereocenters. The van der Waals surface area contributed by atoms with Gasteiger partial charge in [0.05, 0.1) is 6.10 Å². The standard InChI is InChI=1S/C18H22N2O2/c1-4-12(2)22-15-10-8-14(9-11-15)18(21)20-17-7-5-6-16(19)13(17)3/h5-12H,4,19H2,1-3H3,(H,20,21)/t12-/m1/s1. The summed E-state index contributed by atoms with van der Waals surface area (Å²) < 4.78 is 5.70. The van der Waals surface area contributed by atoms with Crippen molar-refractivity contribution in [3.63, 3.8) is 0 Å². The molecule has 3 N–H and O–H groups in total. The van der Waals surface area contributed by atoms with Gasteiger partial charge in [0.25, 0.3) is 5.91 Å². The van der Waals surface area contributed by atoms with E-state index >= 15 is 0 Å². The van der Waals surface area contributed by atoms with Crippen LogP contribution in [0.25, 0.3) is 0 Å². The van der Waals surface area contributed by atoms with E-state index in [1.807, 2.05) is 44.2 Å². The van der Waals surface area contributed by atoms with Crippen LogP contribution in [-0.2, 0) is 0 Å². The third-order valence-corrected chi connectivity index (χ3v) is 3.65. The Morgan fingerprint density at radius 1 is 1.23 bits per heavy atom. The third kappa shape index (κ3) is 3.79. The van der Waals surface area contributed by atoms with Gasteiger partial charge in [0.2, 0.25) is 0 Å². The topological polar surface area (TPSA) is 64.3 Å². The van der Waals surface area contributed by atoms with Crippen LogP contribution < -0.4 is 15.8 Å². The van der Waals surface area contributed by atoms with E-state index in [-0.39, 0.29) is 12.0 Å². The smallest absolute Gasteiger partial charge is 0.255 e. The molecule has 0 bridgehead atoms. The molecule has 2 aromatic rings. The number of carbonyl (C=O) groups is 1. The zero-order chi connectivity index (χ0) is 16.1. The monoisotopic (exact) mass is 298 g/mol. The van der Waals surface area contributed by atoms with E-state index in [9.17, 15) is 4.79 Å². The summed E-state index contributed by atoms with van der Waals surface area (Å²) in [5.41, 5.74) is 8.69. The van der Waals surface area contributed by atoms with E-state index < -0.39 is 0 Å². The Balaban J connectivity index is 2.08. The fourth-order valence-electron chi connectivity index (χ4n) is 1.98. The van der Waals surface area contributed by atoms with Crippen molar-refractivity contribution in [1.29, 1.82) is 0 Å². The molecule has 4 nitrogen and oxygen atoms in total. The number of nitrogens with one attached hydrogen (secondary N) is 1. The second-order valence-electron chi connectivity index (χ2n) is 5.34. The number of hydrogen-bond acceptors (Lipinski definition) is 3. The van der Waals surface area contributed by atoms with Crippen LogP contribution in [0.15, 0.2) is 42.5 Å². The zero-order valence-electron chi connectivity index (χ0n) is 13.2. The van der Waals surface area contributed by atoms with Crippen molar-refractivity contribution in [1.82, 2.24) is 0 Å². The van der Waals surface area contributed by atoms with Crippen molar-refractivity contribution >= 4 is 17.3 Å². The number of carbonyl (C=O) groups excluding carboxylic acids is 1. The summed E-state index contributed by atoms with van der Waals surface area (Å²) in [6.07, 6.45) is 1.10. The van der Waals surface area contributed by atoms with Crippen LogP contribution in [0.4, 0.5) is 11.4 Å². The number of ether oxygens (including phenoxy) is 1. The maximum Gasteiger partial charge on any atom is 0.255 e. The highest BCUT2D eigenvalue weighted by atomic mass is 16.5. The molecule has 4 heteroatoms. The molecule has 2 rings (SSSR count). The second kappa shape index (κ2) is 6.98. The lowest BCUT2D eigenvalue weighted by Gasteiger charge is -2.13. The number of benzene rings is 2. The van der Waals surface area contributed by atoms with Gasteiger partial charge in [-0.25, -0.2) is 0 Å². The van der Waals surface area contributed by atoms with Crippen molar-refractivity contribution in [2.45, 2.75) is 33.3 Å². The number of nitrogen functional groups attached to an aromatic ring is 1. The molecular weight excluding hydrogens is 276 g/mol. The summed E-state index contributed by atoms with van der Waals surface area (Å²) in [5, 5.41) is 2.88. The number of rotatable bonds is 5. The molecular formula is C18H22N2O2. The molecule has 0 heterocycles. The molecule has 0 fully saturated rings. The SMILES string of the molecule is CC[C@@H](C)Oc1ccc(C(=O)Nc2cccc(N)c2C)cc1. The minimum atomic E-state index is -0.163. The maximum absolute atomic E-state index is 12.3. The summed E-state index contributed by atoms with van der Waals surface area (Å²) in [4.78, 5) is 12.3. The zero-order valence-corrected chi connectivity index (χ0v) is 13.2. The molecule has 0 aliphatic heterocycles. The van der Waals surface area contributed by atoms with E-state index in [0.29, 0.717) is 11.3 Å². The van der Waals surface area contributed by atoms with Crippen LogP contribution in [0, 0.1) is 6.92 Å². The maximum atomic E-state index is 12.3. The summed E-state index contributed by atoms with van der Waals surface area (Å²) in [5.74, 6) is 0.606. The Labute approximate surface area is 131 Å². The lowest BCUT2D eigenvalue weighted by atomic mass is 10.1. The summed E-state index contributed by atoms with van der Waals surface area (Å²) in [6.45, 7) is 5.97. The fraction of sp³-hybridized carbons (Fsp3) is 0.278. The molecule has 1 atom stereocenters. The van der Waals surface area contributed by atoms with Gasteiger partial charge in [-0.15, -0.1) is 0 Å². The van der Waals surface area contributed by atoms with Crippen molar-refractivity contribution < 1.29 is 9.53 Å². The number of amides is 1. The van der Waals surface area contributed by atoms with Crippen LogP contribution in [-0.4, -0.2) is 12.0 Å². The Hall–Kier alpha value is -2.49. The Morgan fingerprint density at radius 2 is 1.91 bits per heavy atom. The summed E-state index contributed by atoms with van der Waals surface area (Å²) in [6, 6.07) is 12.6. The Kier molecular flexibility index (Phi) is 5.04. The molecule has 0 spiro atoms. The first-order valence-electron chi connectivity index (χ1n) is 7.44. The van der Waals surface area contributed by atoms with Gasteiger partial charge in [-0.2, -0.15) is 0 Å². The van der Waals surface area contributed by atoms with Crippen LogP contribution in [0.3, 0.4) is 0 Å². The van der Waals surface area contributed by atoms with Gasteiger partial charge >= 0.3 is 0 Å². The van der Waals surface area contributed by atoms with Gasteiger partial charge in [-0.05, 0) is 62.2 Å². The summed E-state index contributed by atoms with van der Waals surface area (Å²) in [7, 11) is 0. The Bertz CT molecular complexity index is 651. The molecule has 0 aliphatic carbocycles. The average Bonchev–Trinajstić information content (AvgIpc) is 2.52. The molecule has 0 aromatic heterocycles. The lowest BCUT2D eigenvalue weighted by molar-refractivity contribution is 0.102. The molecule has 0 aliphatic rings. The lowest BCUT2D eigenvalue weighted by Crippen LogP contribution is -2.13. The average molecular weight is 298 g/mol. The van der Waals surface area contributed by atoms with E-state index in [2.05, 4.69) is 12.2 Å². The predicted octanol–water partition coefficient (Wildman–Crippen LogP) is 4.01.